The first-order valence-corrected chi connectivity index (χ1v) is 12.7. The Balaban J connectivity index is 1.71. The topological polar surface area (TPSA) is 70.2 Å². The minimum atomic E-state index is -4.29. The molecule has 0 aromatic heterocycles. The Hall–Kier alpha value is -1.69. The van der Waals surface area contributed by atoms with Crippen LogP contribution in [0, 0.1) is 0 Å². The van der Waals surface area contributed by atoms with E-state index in [1.165, 1.54) is 4.31 Å². The Morgan fingerprint density at radius 2 is 1.67 bits per heavy atom. The molecule has 33 heavy (non-hydrogen) atoms. The van der Waals surface area contributed by atoms with Crippen molar-refractivity contribution in [1.82, 2.24) is 14.1 Å². The lowest BCUT2D eigenvalue weighted by atomic mass is 10.1. The number of hydrogen-bond donors (Lipinski definition) is 0. The van der Waals surface area contributed by atoms with Gasteiger partial charge in [-0.15, -0.1) is 0 Å². The van der Waals surface area contributed by atoms with Gasteiger partial charge < -0.3 is 9.64 Å². The molecule has 0 unspecified atom stereocenters. The number of halogens is 3. The van der Waals surface area contributed by atoms with Gasteiger partial charge in [0.25, 0.3) is 0 Å². The van der Waals surface area contributed by atoms with Crippen LogP contribution in [0.2, 0.25) is 0 Å². The number of nitrogens with zero attached hydrogens (tertiary/aromatic N) is 3. The van der Waals surface area contributed by atoms with Gasteiger partial charge >= 0.3 is 6.18 Å². The van der Waals surface area contributed by atoms with E-state index in [1.807, 2.05) is 0 Å². The largest absolute Gasteiger partial charge is 0.411 e. The molecule has 1 heterocycles. The van der Waals surface area contributed by atoms with Crippen molar-refractivity contribution in [2.45, 2.75) is 44.2 Å². The summed E-state index contributed by atoms with van der Waals surface area (Å²) in [5, 5.41) is 0. The molecule has 1 aromatic carbocycles. The normalized spacial score (nSPS) is 15.9. The van der Waals surface area contributed by atoms with E-state index >= 15 is 0 Å². The summed E-state index contributed by atoms with van der Waals surface area (Å²) in [6.45, 7) is 6.45. The van der Waals surface area contributed by atoms with Crippen LogP contribution in [0.3, 0.4) is 0 Å². The van der Waals surface area contributed by atoms with Gasteiger partial charge in [-0.3, -0.25) is 9.69 Å². The minimum absolute atomic E-state index is 0.0444. The molecule has 188 valence electrons. The van der Waals surface area contributed by atoms with Gasteiger partial charge in [-0.1, -0.05) is 26.0 Å². The smallest absolute Gasteiger partial charge is 0.372 e. The van der Waals surface area contributed by atoms with Crippen molar-refractivity contribution in [1.29, 1.82) is 0 Å². The number of benzene rings is 1. The van der Waals surface area contributed by atoms with Crippen molar-refractivity contribution in [3.63, 3.8) is 0 Å². The number of carbonyl (C=O) groups is 1. The Bertz CT molecular complexity index is 835. The van der Waals surface area contributed by atoms with Crippen LogP contribution in [0.4, 0.5) is 13.2 Å². The number of hydrogen-bond acceptors (Lipinski definition) is 5. The number of rotatable bonds is 12. The molecule has 0 radical (unpaired) electrons. The molecule has 0 N–H and O–H groups in total. The highest BCUT2D eigenvalue weighted by atomic mass is 32.2. The lowest BCUT2D eigenvalue weighted by Crippen LogP contribution is -2.49. The number of sulfonamides is 1. The third-order valence-corrected chi connectivity index (χ3v) is 7.71. The number of alkyl halides is 3. The maximum absolute atomic E-state index is 12.6. The molecule has 0 bridgehead atoms. The molecule has 7 nitrogen and oxygen atoms in total. The van der Waals surface area contributed by atoms with Gasteiger partial charge in [0.05, 0.1) is 4.90 Å². The second kappa shape index (κ2) is 12.7. The number of amides is 1. The number of ether oxygens (including phenoxy) is 1. The SMILES string of the molecule is CCN(CC)S(=O)(=O)c1ccc(CCC(=O)N2CCN(CCCOCC(F)(F)F)CC2)cc1. The number of piperazine rings is 1. The van der Waals surface area contributed by atoms with E-state index in [-0.39, 0.29) is 17.4 Å². The van der Waals surface area contributed by atoms with Crippen molar-refractivity contribution in [2.75, 3.05) is 59.0 Å². The monoisotopic (exact) mass is 493 g/mol. The second-order valence-corrected chi connectivity index (χ2v) is 9.91. The zero-order valence-electron chi connectivity index (χ0n) is 19.3. The van der Waals surface area contributed by atoms with E-state index in [4.69, 9.17) is 0 Å². The van der Waals surface area contributed by atoms with Crippen LogP contribution in [0.5, 0.6) is 0 Å². The summed E-state index contributed by atoms with van der Waals surface area (Å²) in [4.78, 5) is 16.7. The molecule has 0 aliphatic carbocycles. The molecular weight excluding hydrogens is 459 g/mol. The van der Waals surface area contributed by atoms with E-state index in [2.05, 4.69) is 9.64 Å². The molecule has 1 aliphatic rings. The van der Waals surface area contributed by atoms with E-state index < -0.39 is 22.8 Å². The third-order valence-electron chi connectivity index (χ3n) is 5.65. The van der Waals surface area contributed by atoms with E-state index in [9.17, 15) is 26.4 Å². The highest BCUT2D eigenvalue weighted by Gasteiger charge is 2.27. The summed E-state index contributed by atoms with van der Waals surface area (Å²) in [6, 6.07) is 6.68. The fourth-order valence-electron chi connectivity index (χ4n) is 3.75. The molecule has 1 fully saturated rings. The van der Waals surface area contributed by atoms with Crippen molar-refractivity contribution < 1.29 is 31.1 Å². The van der Waals surface area contributed by atoms with Crippen LogP contribution in [0.25, 0.3) is 0 Å². The van der Waals surface area contributed by atoms with E-state index in [0.717, 1.165) is 5.56 Å². The van der Waals surface area contributed by atoms with E-state index in [1.54, 1.807) is 43.0 Å². The van der Waals surface area contributed by atoms with Gasteiger partial charge in [0.1, 0.15) is 6.61 Å². The summed E-state index contributed by atoms with van der Waals surface area (Å²) in [7, 11) is -3.49. The first-order valence-electron chi connectivity index (χ1n) is 11.3. The maximum Gasteiger partial charge on any atom is 0.411 e. The van der Waals surface area contributed by atoms with Crippen molar-refractivity contribution in [3.8, 4) is 0 Å². The number of aryl methyl sites for hydroxylation is 1. The summed E-state index contributed by atoms with van der Waals surface area (Å²) in [5.74, 6) is 0.0444. The third kappa shape index (κ3) is 8.88. The van der Waals surface area contributed by atoms with Crippen LogP contribution < -0.4 is 0 Å². The molecular formula is C22H34F3N3O4S. The van der Waals surface area contributed by atoms with E-state index in [0.29, 0.717) is 65.1 Å². The highest BCUT2D eigenvalue weighted by Crippen LogP contribution is 2.17. The molecule has 0 spiro atoms. The van der Waals surface area contributed by atoms with Crippen molar-refractivity contribution in [2.24, 2.45) is 0 Å². The molecule has 11 heteroatoms. The van der Waals surface area contributed by atoms with Crippen LogP contribution in [0.1, 0.15) is 32.3 Å². The first-order chi connectivity index (χ1) is 15.6. The molecule has 2 rings (SSSR count). The van der Waals surface area contributed by atoms with Gasteiger partial charge in [0, 0.05) is 58.8 Å². The van der Waals surface area contributed by atoms with Gasteiger partial charge in [-0.25, -0.2) is 8.42 Å². The average Bonchev–Trinajstić information content (AvgIpc) is 2.78. The summed E-state index contributed by atoms with van der Waals surface area (Å²) in [5.41, 5.74) is 0.902. The first kappa shape index (κ1) is 27.6. The quantitative estimate of drug-likeness (QED) is 0.419. The second-order valence-electron chi connectivity index (χ2n) is 7.98. The Kier molecular flexibility index (Phi) is 10.6. The van der Waals surface area contributed by atoms with Crippen LogP contribution >= 0.6 is 0 Å². The zero-order valence-corrected chi connectivity index (χ0v) is 20.1. The molecule has 1 aromatic rings. The lowest BCUT2D eigenvalue weighted by Gasteiger charge is -2.34. The standard InChI is InChI=1S/C22H34F3N3O4S/c1-3-28(4-2)33(30,31)20-9-6-19(7-10-20)8-11-21(29)27-15-13-26(14-16-27)12-5-17-32-18-22(23,24)25/h6-7,9-10H,3-5,8,11-18H2,1-2H3. The average molecular weight is 494 g/mol. The minimum Gasteiger partial charge on any atom is -0.372 e. The van der Waals surface area contributed by atoms with Crippen LogP contribution in [-0.4, -0.2) is 93.6 Å². The molecule has 1 aliphatic heterocycles. The Morgan fingerprint density at radius 3 is 2.21 bits per heavy atom. The molecule has 1 amide bonds. The number of carbonyl (C=O) groups excluding carboxylic acids is 1. The van der Waals surface area contributed by atoms with Gasteiger partial charge in [-0.05, 0) is 30.5 Å². The van der Waals surface area contributed by atoms with Crippen molar-refractivity contribution in [3.05, 3.63) is 29.8 Å². The lowest BCUT2D eigenvalue weighted by molar-refractivity contribution is -0.174. The summed E-state index contributed by atoms with van der Waals surface area (Å²) >= 11 is 0. The van der Waals surface area contributed by atoms with Gasteiger partial charge in [0.15, 0.2) is 0 Å². The fourth-order valence-corrected chi connectivity index (χ4v) is 5.21. The fraction of sp³-hybridized carbons (Fsp3) is 0.682. The molecule has 1 saturated heterocycles. The van der Waals surface area contributed by atoms with Gasteiger partial charge in [-0.2, -0.15) is 17.5 Å². The predicted molar refractivity (Wildman–Crippen MR) is 119 cm³/mol. The Labute approximate surface area is 194 Å². The highest BCUT2D eigenvalue weighted by molar-refractivity contribution is 7.89. The summed E-state index contributed by atoms with van der Waals surface area (Å²) in [6.07, 6.45) is -2.91. The Morgan fingerprint density at radius 1 is 1.06 bits per heavy atom. The zero-order chi connectivity index (χ0) is 24.5. The maximum atomic E-state index is 12.6. The summed E-state index contributed by atoms with van der Waals surface area (Å²) < 4.78 is 67.3. The van der Waals surface area contributed by atoms with Crippen LogP contribution in [0.15, 0.2) is 29.2 Å². The van der Waals surface area contributed by atoms with Crippen LogP contribution in [-0.2, 0) is 26.0 Å². The molecule has 0 atom stereocenters. The van der Waals surface area contributed by atoms with Crippen molar-refractivity contribution >= 4 is 15.9 Å². The predicted octanol–water partition coefficient (Wildman–Crippen LogP) is 2.76. The van der Waals surface area contributed by atoms with Gasteiger partial charge in [0.2, 0.25) is 15.9 Å². The molecule has 0 saturated carbocycles.